The molecule has 1 aliphatic rings. The van der Waals surface area contributed by atoms with E-state index in [2.05, 4.69) is 22.5 Å². The Morgan fingerprint density at radius 2 is 2.10 bits per heavy atom. The summed E-state index contributed by atoms with van der Waals surface area (Å²) in [6, 6.07) is 7.72. The van der Waals surface area contributed by atoms with Gasteiger partial charge in [-0.1, -0.05) is 30.7 Å². The molecule has 0 aromatic heterocycles. The minimum atomic E-state index is -0.612. The number of aliphatic imine (C=N–C) groups is 1. The van der Waals surface area contributed by atoms with Crippen molar-refractivity contribution in [3.05, 3.63) is 34.9 Å². The Balaban J connectivity index is 1.91. The summed E-state index contributed by atoms with van der Waals surface area (Å²) in [5.41, 5.74) is 0.828. The maximum Gasteiger partial charge on any atom is 0.191 e. The number of aliphatic hydroxyl groups excluding tert-OH is 1. The summed E-state index contributed by atoms with van der Waals surface area (Å²) >= 11 is 5.83. The van der Waals surface area contributed by atoms with Crippen LogP contribution in [0.2, 0.25) is 5.02 Å². The van der Waals surface area contributed by atoms with Crippen molar-refractivity contribution in [1.29, 1.82) is 0 Å². The molecule has 110 valence electrons. The number of hydrogen-bond donors (Lipinski definition) is 3. The van der Waals surface area contributed by atoms with Crippen LogP contribution < -0.4 is 10.6 Å². The molecule has 0 spiro atoms. The van der Waals surface area contributed by atoms with Gasteiger partial charge in [-0.3, -0.25) is 4.99 Å². The quantitative estimate of drug-likeness (QED) is 0.577. The van der Waals surface area contributed by atoms with Crippen LogP contribution in [0, 0.1) is 5.92 Å². The van der Waals surface area contributed by atoms with Crippen molar-refractivity contribution in [3.8, 4) is 0 Å². The van der Waals surface area contributed by atoms with Gasteiger partial charge in [0, 0.05) is 17.6 Å². The zero-order chi connectivity index (χ0) is 14.5. The molecule has 1 fully saturated rings. The summed E-state index contributed by atoms with van der Waals surface area (Å²) in [5.74, 6) is 1.48. The number of benzene rings is 1. The first kappa shape index (κ1) is 15.1. The second-order valence-electron chi connectivity index (χ2n) is 5.25. The van der Waals surface area contributed by atoms with E-state index in [9.17, 15) is 5.11 Å². The Labute approximate surface area is 125 Å². The summed E-state index contributed by atoms with van der Waals surface area (Å²) in [4.78, 5) is 4.44. The maximum atomic E-state index is 10.1. The molecular weight excluding hydrogens is 274 g/mol. The smallest absolute Gasteiger partial charge is 0.191 e. The highest BCUT2D eigenvalue weighted by atomic mass is 35.5. The van der Waals surface area contributed by atoms with Gasteiger partial charge in [0.1, 0.15) is 0 Å². The van der Waals surface area contributed by atoms with Crippen molar-refractivity contribution >= 4 is 17.6 Å². The molecule has 3 N–H and O–H groups in total. The van der Waals surface area contributed by atoms with Crippen LogP contribution >= 0.6 is 11.6 Å². The highest BCUT2D eigenvalue weighted by Gasteiger charge is 2.33. The summed E-state index contributed by atoms with van der Waals surface area (Å²) in [6.07, 6.45) is 0.573. The molecule has 2 rings (SSSR count). The monoisotopic (exact) mass is 295 g/mol. The average molecular weight is 296 g/mol. The number of aliphatic hydroxyl groups is 1. The highest BCUT2D eigenvalue weighted by molar-refractivity contribution is 6.30. The lowest BCUT2D eigenvalue weighted by atomic mass is 10.1. The standard InChI is InChI=1S/C15H22ClN3O/c1-3-17-15(19-13-8-10(13)2)18-9-14(20)11-4-6-12(16)7-5-11/h4-7,10,13-14,20H,3,8-9H2,1-2H3,(H2,17,18,19). The molecule has 0 saturated heterocycles. The lowest BCUT2D eigenvalue weighted by Gasteiger charge is -2.13. The predicted octanol–water partition coefficient (Wildman–Crippen LogP) is 2.34. The zero-order valence-corrected chi connectivity index (χ0v) is 12.7. The number of guanidine groups is 1. The number of halogens is 1. The van der Waals surface area contributed by atoms with Gasteiger partial charge in [0.2, 0.25) is 0 Å². The lowest BCUT2D eigenvalue weighted by molar-refractivity contribution is 0.187. The maximum absolute atomic E-state index is 10.1. The fraction of sp³-hybridized carbons (Fsp3) is 0.533. The summed E-state index contributed by atoms with van der Waals surface area (Å²) < 4.78 is 0. The van der Waals surface area contributed by atoms with Crippen molar-refractivity contribution in [3.63, 3.8) is 0 Å². The van der Waals surface area contributed by atoms with Crippen molar-refractivity contribution in [1.82, 2.24) is 10.6 Å². The van der Waals surface area contributed by atoms with Gasteiger partial charge < -0.3 is 15.7 Å². The fourth-order valence-electron chi connectivity index (χ4n) is 1.99. The number of hydrogen-bond acceptors (Lipinski definition) is 2. The summed E-state index contributed by atoms with van der Waals surface area (Å²) in [5, 5.41) is 17.4. The van der Waals surface area contributed by atoms with Gasteiger partial charge in [-0.05, 0) is 37.0 Å². The minimum absolute atomic E-state index is 0.331. The second-order valence-corrected chi connectivity index (χ2v) is 5.69. The van der Waals surface area contributed by atoms with Crippen LogP contribution in [-0.2, 0) is 0 Å². The molecule has 3 unspecified atom stereocenters. The molecule has 0 amide bonds. The Bertz CT molecular complexity index is 461. The first-order valence-electron chi connectivity index (χ1n) is 7.08. The van der Waals surface area contributed by atoms with Crippen LogP contribution in [0.3, 0.4) is 0 Å². The van der Waals surface area contributed by atoms with Crippen LogP contribution in [0.4, 0.5) is 0 Å². The minimum Gasteiger partial charge on any atom is -0.386 e. The zero-order valence-electron chi connectivity index (χ0n) is 11.9. The van der Waals surface area contributed by atoms with Gasteiger partial charge in [-0.15, -0.1) is 0 Å². The number of nitrogens with one attached hydrogen (secondary N) is 2. The van der Waals surface area contributed by atoms with Crippen LogP contribution in [0.15, 0.2) is 29.3 Å². The van der Waals surface area contributed by atoms with Crippen molar-refractivity contribution < 1.29 is 5.11 Å². The Morgan fingerprint density at radius 1 is 1.45 bits per heavy atom. The van der Waals surface area contributed by atoms with Gasteiger partial charge in [0.05, 0.1) is 12.6 Å². The largest absolute Gasteiger partial charge is 0.386 e. The third kappa shape index (κ3) is 4.39. The van der Waals surface area contributed by atoms with E-state index < -0.39 is 6.10 Å². The summed E-state index contributed by atoms with van der Waals surface area (Å²) in [7, 11) is 0. The van der Waals surface area contributed by atoms with Crippen molar-refractivity contribution in [2.24, 2.45) is 10.9 Å². The normalized spacial score (nSPS) is 23.3. The van der Waals surface area contributed by atoms with Crippen LogP contribution in [0.25, 0.3) is 0 Å². The predicted molar refractivity (Wildman–Crippen MR) is 83.1 cm³/mol. The van der Waals surface area contributed by atoms with Crippen molar-refractivity contribution in [2.75, 3.05) is 13.1 Å². The molecule has 0 radical (unpaired) electrons. The van der Waals surface area contributed by atoms with Gasteiger partial charge in [0.15, 0.2) is 5.96 Å². The van der Waals surface area contributed by atoms with E-state index in [-0.39, 0.29) is 0 Å². The van der Waals surface area contributed by atoms with Crippen LogP contribution in [0.1, 0.15) is 31.9 Å². The third-order valence-corrected chi connectivity index (χ3v) is 3.70. The van der Waals surface area contributed by atoms with E-state index in [1.165, 1.54) is 6.42 Å². The number of rotatable bonds is 5. The van der Waals surface area contributed by atoms with E-state index in [1.54, 1.807) is 12.1 Å². The van der Waals surface area contributed by atoms with Crippen LogP contribution in [-0.4, -0.2) is 30.2 Å². The molecule has 1 saturated carbocycles. The molecule has 0 bridgehead atoms. The second kappa shape index (κ2) is 6.95. The lowest BCUT2D eigenvalue weighted by Crippen LogP contribution is -2.39. The van der Waals surface area contributed by atoms with Gasteiger partial charge in [0.25, 0.3) is 0 Å². The van der Waals surface area contributed by atoms with Gasteiger partial charge in [-0.2, -0.15) is 0 Å². The molecule has 5 heteroatoms. The van der Waals surface area contributed by atoms with Crippen LogP contribution in [0.5, 0.6) is 0 Å². The van der Waals surface area contributed by atoms with E-state index in [4.69, 9.17) is 11.6 Å². The summed E-state index contributed by atoms with van der Waals surface area (Å²) in [6.45, 7) is 5.38. The fourth-order valence-corrected chi connectivity index (χ4v) is 2.11. The topological polar surface area (TPSA) is 56.7 Å². The molecule has 1 aromatic carbocycles. The molecular formula is C15H22ClN3O. The molecule has 1 aromatic rings. The molecule has 1 aliphatic carbocycles. The van der Waals surface area contributed by atoms with Gasteiger partial charge in [-0.25, -0.2) is 0 Å². The van der Waals surface area contributed by atoms with E-state index in [1.807, 2.05) is 19.1 Å². The Kier molecular flexibility index (Phi) is 5.26. The molecule has 20 heavy (non-hydrogen) atoms. The number of nitrogens with zero attached hydrogens (tertiary/aromatic N) is 1. The average Bonchev–Trinajstić information content (AvgIpc) is 3.12. The van der Waals surface area contributed by atoms with Gasteiger partial charge >= 0.3 is 0 Å². The highest BCUT2D eigenvalue weighted by Crippen LogP contribution is 2.28. The molecule has 4 nitrogen and oxygen atoms in total. The molecule has 0 heterocycles. The Morgan fingerprint density at radius 3 is 2.65 bits per heavy atom. The van der Waals surface area contributed by atoms with Crippen molar-refractivity contribution in [2.45, 2.75) is 32.4 Å². The molecule has 3 atom stereocenters. The molecule has 0 aliphatic heterocycles. The first-order chi connectivity index (χ1) is 9.60. The first-order valence-corrected chi connectivity index (χ1v) is 7.46. The van der Waals surface area contributed by atoms with E-state index in [0.29, 0.717) is 23.5 Å². The van der Waals surface area contributed by atoms with E-state index in [0.717, 1.165) is 18.1 Å². The Hall–Kier alpha value is -1.26. The van der Waals surface area contributed by atoms with E-state index >= 15 is 0 Å². The SMILES string of the molecule is CCNC(=NCC(O)c1ccc(Cl)cc1)NC1CC1C. The third-order valence-electron chi connectivity index (χ3n) is 3.45.